The minimum absolute atomic E-state index is 0.0983. The van der Waals surface area contributed by atoms with E-state index in [4.69, 9.17) is 11.6 Å². The first-order valence-electron chi connectivity index (χ1n) is 4.79. The first kappa shape index (κ1) is 14.7. The SMILES string of the molecule is O=C(CCOCC(F)(F)F)Nc1cncc(Cl)n1. The van der Waals surface area contributed by atoms with Crippen molar-refractivity contribution >= 4 is 23.3 Å². The van der Waals surface area contributed by atoms with Crippen molar-refractivity contribution in [3.8, 4) is 0 Å². The minimum atomic E-state index is -4.39. The molecule has 0 unspecified atom stereocenters. The van der Waals surface area contributed by atoms with Crippen LogP contribution in [0.4, 0.5) is 19.0 Å². The fourth-order valence-electron chi connectivity index (χ4n) is 0.961. The Morgan fingerprint density at radius 2 is 2.17 bits per heavy atom. The first-order chi connectivity index (χ1) is 8.37. The zero-order valence-corrected chi connectivity index (χ0v) is 9.75. The van der Waals surface area contributed by atoms with Gasteiger partial charge in [0.05, 0.1) is 25.4 Å². The summed E-state index contributed by atoms with van der Waals surface area (Å²) in [5.74, 6) is -0.405. The van der Waals surface area contributed by atoms with E-state index >= 15 is 0 Å². The lowest BCUT2D eigenvalue weighted by atomic mass is 10.4. The highest BCUT2D eigenvalue weighted by Crippen LogP contribution is 2.14. The summed E-state index contributed by atoms with van der Waals surface area (Å²) in [7, 11) is 0. The summed E-state index contributed by atoms with van der Waals surface area (Å²) in [5, 5.41) is 2.42. The van der Waals surface area contributed by atoms with E-state index in [1.165, 1.54) is 12.4 Å². The van der Waals surface area contributed by atoms with E-state index in [-0.39, 0.29) is 24.0 Å². The van der Waals surface area contributed by atoms with E-state index in [0.29, 0.717) is 0 Å². The normalized spacial score (nSPS) is 11.3. The molecule has 1 amide bonds. The van der Waals surface area contributed by atoms with Gasteiger partial charge in [-0.25, -0.2) is 4.98 Å². The lowest BCUT2D eigenvalue weighted by Crippen LogP contribution is -2.20. The van der Waals surface area contributed by atoms with E-state index in [1.54, 1.807) is 0 Å². The maximum absolute atomic E-state index is 11.7. The van der Waals surface area contributed by atoms with Gasteiger partial charge in [-0.2, -0.15) is 13.2 Å². The second kappa shape index (κ2) is 6.50. The van der Waals surface area contributed by atoms with Crippen LogP contribution in [-0.2, 0) is 9.53 Å². The number of carbonyl (C=O) groups excluding carboxylic acids is 1. The highest BCUT2D eigenvalue weighted by atomic mass is 35.5. The molecule has 0 aliphatic carbocycles. The molecule has 0 fully saturated rings. The van der Waals surface area contributed by atoms with Crippen molar-refractivity contribution in [2.75, 3.05) is 18.5 Å². The van der Waals surface area contributed by atoms with Crippen LogP contribution in [0.1, 0.15) is 6.42 Å². The number of anilines is 1. The Bertz CT molecular complexity index is 414. The van der Waals surface area contributed by atoms with Crippen LogP contribution >= 0.6 is 11.6 Å². The predicted octanol–water partition coefficient (Wildman–Crippen LogP) is 2.04. The quantitative estimate of drug-likeness (QED) is 0.840. The lowest BCUT2D eigenvalue weighted by molar-refractivity contribution is -0.174. The van der Waals surface area contributed by atoms with Gasteiger partial charge >= 0.3 is 6.18 Å². The van der Waals surface area contributed by atoms with Crippen LogP contribution in [0.15, 0.2) is 12.4 Å². The minimum Gasteiger partial charge on any atom is -0.372 e. The molecule has 0 saturated carbocycles. The Morgan fingerprint density at radius 3 is 2.78 bits per heavy atom. The van der Waals surface area contributed by atoms with Crippen LogP contribution in [0.5, 0.6) is 0 Å². The molecule has 18 heavy (non-hydrogen) atoms. The molecule has 0 aromatic carbocycles. The van der Waals surface area contributed by atoms with Crippen molar-refractivity contribution in [3.05, 3.63) is 17.5 Å². The molecule has 0 aliphatic rings. The standard InChI is InChI=1S/C9H9ClF3N3O2/c10-6-3-14-4-7(15-6)16-8(17)1-2-18-5-9(11,12)13/h3-4H,1-2,5H2,(H,15,16,17). The molecular weight excluding hydrogens is 275 g/mol. The molecule has 1 heterocycles. The van der Waals surface area contributed by atoms with Gasteiger partial charge in [-0.05, 0) is 0 Å². The summed E-state index contributed by atoms with van der Waals surface area (Å²) in [6, 6.07) is 0. The van der Waals surface area contributed by atoms with Crippen molar-refractivity contribution < 1.29 is 22.7 Å². The van der Waals surface area contributed by atoms with Gasteiger partial charge < -0.3 is 10.1 Å². The number of rotatable bonds is 5. The number of ether oxygens (including phenoxy) is 1. The molecule has 9 heteroatoms. The summed E-state index contributed by atoms with van der Waals surface area (Å²) in [4.78, 5) is 18.7. The fraction of sp³-hybridized carbons (Fsp3) is 0.444. The number of amides is 1. The second-order valence-electron chi connectivity index (χ2n) is 3.19. The molecule has 0 spiro atoms. The molecular formula is C9H9ClF3N3O2. The van der Waals surface area contributed by atoms with Crippen molar-refractivity contribution in [3.63, 3.8) is 0 Å². The predicted molar refractivity (Wildman–Crippen MR) is 57.2 cm³/mol. The van der Waals surface area contributed by atoms with E-state index in [1.807, 2.05) is 0 Å². The molecule has 100 valence electrons. The number of nitrogens with zero attached hydrogens (tertiary/aromatic N) is 2. The summed E-state index contributed by atoms with van der Waals surface area (Å²) in [6.07, 6.45) is -2.07. The summed E-state index contributed by atoms with van der Waals surface area (Å²) >= 11 is 5.53. The largest absolute Gasteiger partial charge is 0.411 e. The zero-order chi connectivity index (χ0) is 13.6. The summed E-state index contributed by atoms with van der Waals surface area (Å²) in [5.41, 5.74) is 0. The Labute approximate surface area is 105 Å². The van der Waals surface area contributed by atoms with Gasteiger partial charge in [-0.1, -0.05) is 11.6 Å². The molecule has 1 aromatic heterocycles. The number of hydrogen-bond donors (Lipinski definition) is 1. The molecule has 0 radical (unpaired) electrons. The van der Waals surface area contributed by atoms with Crippen molar-refractivity contribution in [1.82, 2.24) is 9.97 Å². The van der Waals surface area contributed by atoms with Gasteiger partial charge in [0, 0.05) is 0 Å². The second-order valence-corrected chi connectivity index (χ2v) is 3.58. The van der Waals surface area contributed by atoms with E-state index in [9.17, 15) is 18.0 Å². The number of nitrogens with one attached hydrogen (secondary N) is 1. The highest BCUT2D eigenvalue weighted by molar-refractivity contribution is 6.29. The first-order valence-corrected chi connectivity index (χ1v) is 5.16. The van der Waals surface area contributed by atoms with Crippen LogP contribution in [-0.4, -0.2) is 35.3 Å². The molecule has 0 saturated heterocycles. The van der Waals surface area contributed by atoms with Crippen LogP contribution < -0.4 is 5.32 Å². The number of hydrogen-bond acceptors (Lipinski definition) is 4. The van der Waals surface area contributed by atoms with Crippen LogP contribution in [0.3, 0.4) is 0 Å². The Balaban J connectivity index is 2.26. The molecule has 1 rings (SSSR count). The van der Waals surface area contributed by atoms with Crippen molar-refractivity contribution in [1.29, 1.82) is 0 Å². The zero-order valence-electron chi connectivity index (χ0n) is 9.00. The average molecular weight is 284 g/mol. The smallest absolute Gasteiger partial charge is 0.372 e. The Kier molecular flexibility index (Phi) is 5.29. The van der Waals surface area contributed by atoms with Gasteiger partial charge in [0.2, 0.25) is 5.91 Å². The monoisotopic (exact) mass is 283 g/mol. The van der Waals surface area contributed by atoms with Gasteiger partial charge in [-0.15, -0.1) is 0 Å². The van der Waals surface area contributed by atoms with Crippen LogP contribution in [0.25, 0.3) is 0 Å². The third-order valence-electron chi connectivity index (χ3n) is 1.61. The Morgan fingerprint density at radius 1 is 1.44 bits per heavy atom. The fourth-order valence-corrected chi connectivity index (χ4v) is 1.11. The number of aromatic nitrogens is 2. The number of halogens is 4. The third kappa shape index (κ3) is 6.36. The number of carbonyl (C=O) groups is 1. The third-order valence-corrected chi connectivity index (χ3v) is 1.79. The van der Waals surface area contributed by atoms with E-state index < -0.39 is 18.7 Å². The maximum atomic E-state index is 11.7. The summed E-state index contributed by atoms with van der Waals surface area (Å²) < 4.78 is 39.4. The van der Waals surface area contributed by atoms with Gasteiger partial charge in [-0.3, -0.25) is 9.78 Å². The van der Waals surface area contributed by atoms with Gasteiger partial charge in [0.1, 0.15) is 11.8 Å². The van der Waals surface area contributed by atoms with Gasteiger partial charge in [0.25, 0.3) is 0 Å². The molecule has 1 aromatic rings. The van der Waals surface area contributed by atoms with Gasteiger partial charge in [0.15, 0.2) is 5.82 Å². The molecule has 1 N–H and O–H groups in total. The average Bonchev–Trinajstić information content (AvgIpc) is 2.23. The highest BCUT2D eigenvalue weighted by Gasteiger charge is 2.27. The number of alkyl halides is 3. The summed E-state index contributed by atoms with van der Waals surface area (Å²) in [6.45, 7) is -1.71. The molecule has 5 nitrogen and oxygen atoms in total. The molecule has 0 atom stereocenters. The van der Waals surface area contributed by atoms with Crippen molar-refractivity contribution in [2.24, 2.45) is 0 Å². The lowest BCUT2D eigenvalue weighted by Gasteiger charge is -2.07. The molecule has 0 bridgehead atoms. The van der Waals surface area contributed by atoms with Crippen LogP contribution in [0.2, 0.25) is 5.15 Å². The Hall–Kier alpha value is -1.41. The van der Waals surface area contributed by atoms with Crippen LogP contribution in [0, 0.1) is 0 Å². The maximum Gasteiger partial charge on any atom is 0.411 e. The van der Waals surface area contributed by atoms with E-state index in [0.717, 1.165) is 0 Å². The van der Waals surface area contributed by atoms with E-state index in [2.05, 4.69) is 20.0 Å². The van der Waals surface area contributed by atoms with Crippen molar-refractivity contribution in [2.45, 2.75) is 12.6 Å². The molecule has 0 aliphatic heterocycles. The topological polar surface area (TPSA) is 64.1 Å².